The van der Waals surface area contributed by atoms with Crippen molar-refractivity contribution in [3.63, 3.8) is 0 Å². The van der Waals surface area contributed by atoms with E-state index in [4.69, 9.17) is 21.8 Å². The van der Waals surface area contributed by atoms with Crippen molar-refractivity contribution in [2.24, 2.45) is 0 Å². The van der Waals surface area contributed by atoms with Gasteiger partial charge >= 0.3 is 5.97 Å². The van der Waals surface area contributed by atoms with Crippen molar-refractivity contribution >= 4 is 33.5 Å². The third-order valence-corrected chi connectivity index (χ3v) is 2.28. The molecule has 3 nitrogen and oxygen atoms in total. The standard InChI is InChI=1S/C8H5BrClFO3/c9-3-1-4(7(12)8(13)14)6(11)5(10)2-3/h1-2,7,12H,(H,13,14). The van der Waals surface area contributed by atoms with Crippen molar-refractivity contribution < 1.29 is 19.4 Å². The third kappa shape index (κ3) is 2.23. The number of carbonyl (C=O) groups is 1. The number of benzene rings is 1. The fourth-order valence-corrected chi connectivity index (χ4v) is 1.74. The molecule has 0 radical (unpaired) electrons. The molecule has 76 valence electrons. The van der Waals surface area contributed by atoms with Crippen molar-refractivity contribution in [1.29, 1.82) is 0 Å². The molecule has 0 amide bonds. The number of rotatable bonds is 2. The summed E-state index contributed by atoms with van der Waals surface area (Å²) in [4.78, 5) is 10.4. The third-order valence-electron chi connectivity index (χ3n) is 1.55. The van der Waals surface area contributed by atoms with E-state index < -0.39 is 17.9 Å². The van der Waals surface area contributed by atoms with Gasteiger partial charge in [0.15, 0.2) is 6.10 Å². The van der Waals surface area contributed by atoms with Crippen molar-refractivity contribution in [3.8, 4) is 0 Å². The molecule has 0 aliphatic rings. The van der Waals surface area contributed by atoms with Gasteiger partial charge in [0.05, 0.1) is 5.02 Å². The first-order chi connectivity index (χ1) is 6.43. The van der Waals surface area contributed by atoms with Gasteiger partial charge in [-0.1, -0.05) is 27.5 Å². The molecule has 6 heteroatoms. The molecule has 0 spiro atoms. The Morgan fingerprint density at radius 1 is 1.57 bits per heavy atom. The monoisotopic (exact) mass is 282 g/mol. The molecule has 0 fully saturated rings. The minimum atomic E-state index is -1.91. The van der Waals surface area contributed by atoms with E-state index in [0.29, 0.717) is 4.47 Å². The van der Waals surface area contributed by atoms with E-state index in [0.717, 1.165) is 0 Å². The molecule has 0 heterocycles. The van der Waals surface area contributed by atoms with E-state index in [1.54, 1.807) is 0 Å². The minimum absolute atomic E-state index is 0.241. The smallest absolute Gasteiger partial charge is 0.337 e. The van der Waals surface area contributed by atoms with Crippen LogP contribution in [0.3, 0.4) is 0 Å². The van der Waals surface area contributed by atoms with Gasteiger partial charge in [-0.25, -0.2) is 9.18 Å². The van der Waals surface area contributed by atoms with Gasteiger partial charge in [-0.3, -0.25) is 0 Å². The van der Waals surface area contributed by atoms with Crippen molar-refractivity contribution in [3.05, 3.63) is 33.0 Å². The Morgan fingerprint density at radius 3 is 2.64 bits per heavy atom. The summed E-state index contributed by atoms with van der Waals surface area (Å²) in [5, 5.41) is 17.3. The molecule has 0 aliphatic heterocycles. The molecule has 0 saturated heterocycles. The molecule has 2 N–H and O–H groups in total. The Balaban J connectivity index is 3.26. The fraction of sp³-hybridized carbons (Fsp3) is 0.125. The topological polar surface area (TPSA) is 57.5 Å². The maximum atomic E-state index is 13.2. The van der Waals surface area contributed by atoms with Crippen LogP contribution < -0.4 is 0 Å². The van der Waals surface area contributed by atoms with Gasteiger partial charge in [0, 0.05) is 10.0 Å². The van der Waals surface area contributed by atoms with E-state index in [2.05, 4.69) is 15.9 Å². The van der Waals surface area contributed by atoms with Gasteiger partial charge in [0.1, 0.15) is 5.82 Å². The van der Waals surface area contributed by atoms with E-state index >= 15 is 0 Å². The minimum Gasteiger partial charge on any atom is -0.479 e. The second-order valence-electron chi connectivity index (χ2n) is 2.53. The van der Waals surface area contributed by atoms with E-state index in [1.165, 1.54) is 12.1 Å². The maximum absolute atomic E-state index is 13.2. The molecule has 0 saturated carbocycles. The lowest BCUT2D eigenvalue weighted by Crippen LogP contribution is -2.12. The molecule has 0 bridgehead atoms. The van der Waals surface area contributed by atoms with Crippen LogP contribution in [0.4, 0.5) is 4.39 Å². The zero-order valence-corrected chi connectivity index (χ0v) is 9.01. The normalized spacial score (nSPS) is 12.6. The van der Waals surface area contributed by atoms with Crippen molar-refractivity contribution in [2.75, 3.05) is 0 Å². The van der Waals surface area contributed by atoms with Crippen LogP contribution in [0.25, 0.3) is 0 Å². The van der Waals surface area contributed by atoms with Crippen LogP contribution >= 0.6 is 27.5 Å². The zero-order chi connectivity index (χ0) is 10.9. The average Bonchev–Trinajstić information content (AvgIpc) is 2.09. The van der Waals surface area contributed by atoms with Crippen molar-refractivity contribution in [1.82, 2.24) is 0 Å². The number of aliphatic hydroxyl groups is 1. The molecule has 0 aliphatic carbocycles. The number of carboxylic acid groups (broad SMARTS) is 1. The van der Waals surface area contributed by atoms with Crippen LogP contribution in [0.1, 0.15) is 11.7 Å². The number of hydrogen-bond acceptors (Lipinski definition) is 2. The summed E-state index contributed by atoms with van der Waals surface area (Å²) in [5.41, 5.74) is -0.364. The average molecular weight is 283 g/mol. The van der Waals surface area contributed by atoms with Crippen LogP contribution in [0.15, 0.2) is 16.6 Å². The van der Waals surface area contributed by atoms with Crippen molar-refractivity contribution in [2.45, 2.75) is 6.10 Å². The lowest BCUT2D eigenvalue weighted by atomic mass is 10.1. The molecule has 1 aromatic carbocycles. The highest BCUT2D eigenvalue weighted by molar-refractivity contribution is 9.10. The fourth-order valence-electron chi connectivity index (χ4n) is 0.908. The summed E-state index contributed by atoms with van der Waals surface area (Å²) in [6.07, 6.45) is -1.91. The van der Waals surface area contributed by atoms with Crippen LogP contribution in [0.5, 0.6) is 0 Å². The van der Waals surface area contributed by atoms with Crippen LogP contribution in [-0.2, 0) is 4.79 Å². The SMILES string of the molecule is O=C(O)C(O)c1cc(Br)cc(Cl)c1F. The van der Waals surface area contributed by atoms with E-state index in [1.807, 2.05) is 0 Å². The summed E-state index contributed by atoms with van der Waals surface area (Å²) in [7, 11) is 0. The molecule has 0 aromatic heterocycles. The predicted octanol–water partition coefficient (Wildman–Crippen LogP) is 2.36. The van der Waals surface area contributed by atoms with Crippen LogP contribution in [-0.4, -0.2) is 16.2 Å². The summed E-state index contributed by atoms with van der Waals surface area (Å²) in [6, 6.07) is 2.44. The first kappa shape index (κ1) is 11.4. The first-order valence-corrected chi connectivity index (χ1v) is 4.66. The number of halogens is 3. The van der Waals surface area contributed by atoms with Gasteiger partial charge in [0.25, 0.3) is 0 Å². The molecule has 1 aromatic rings. The molecule has 1 unspecified atom stereocenters. The number of aliphatic hydroxyl groups excluding tert-OH is 1. The number of carboxylic acids is 1. The predicted molar refractivity (Wildman–Crippen MR) is 51.7 cm³/mol. The summed E-state index contributed by atoms with van der Waals surface area (Å²) in [5.74, 6) is -2.46. The number of aliphatic carboxylic acids is 1. The maximum Gasteiger partial charge on any atom is 0.337 e. The Kier molecular flexibility index (Phi) is 3.47. The van der Waals surface area contributed by atoms with Gasteiger partial charge < -0.3 is 10.2 Å². The highest BCUT2D eigenvalue weighted by atomic mass is 79.9. The lowest BCUT2D eigenvalue weighted by Gasteiger charge is -2.08. The van der Waals surface area contributed by atoms with Gasteiger partial charge in [-0.15, -0.1) is 0 Å². The lowest BCUT2D eigenvalue weighted by molar-refractivity contribution is -0.147. The Labute approximate surface area is 92.2 Å². The zero-order valence-electron chi connectivity index (χ0n) is 6.67. The number of hydrogen-bond donors (Lipinski definition) is 2. The molecular formula is C8H5BrClFO3. The summed E-state index contributed by atoms with van der Waals surface area (Å²) < 4.78 is 13.6. The van der Waals surface area contributed by atoms with E-state index in [-0.39, 0.29) is 10.6 Å². The van der Waals surface area contributed by atoms with E-state index in [9.17, 15) is 9.18 Å². The second-order valence-corrected chi connectivity index (χ2v) is 3.85. The van der Waals surface area contributed by atoms with Gasteiger partial charge in [0.2, 0.25) is 0 Å². The molecule has 14 heavy (non-hydrogen) atoms. The quantitative estimate of drug-likeness (QED) is 0.819. The highest BCUT2D eigenvalue weighted by Crippen LogP contribution is 2.28. The van der Waals surface area contributed by atoms with Crippen LogP contribution in [0.2, 0.25) is 5.02 Å². The first-order valence-electron chi connectivity index (χ1n) is 3.48. The Morgan fingerprint density at radius 2 is 2.14 bits per heavy atom. The largest absolute Gasteiger partial charge is 0.479 e. The molecule has 1 rings (SSSR count). The Hall–Kier alpha value is -0.650. The van der Waals surface area contributed by atoms with Crippen LogP contribution in [0, 0.1) is 5.82 Å². The summed E-state index contributed by atoms with van der Waals surface area (Å²) in [6.45, 7) is 0. The molecular weight excluding hydrogens is 278 g/mol. The highest BCUT2D eigenvalue weighted by Gasteiger charge is 2.22. The summed E-state index contributed by atoms with van der Waals surface area (Å²) >= 11 is 8.47. The second kappa shape index (κ2) is 4.25. The van der Waals surface area contributed by atoms with Gasteiger partial charge in [-0.2, -0.15) is 0 Å². The Bertz CT molecular complexity index is 383. The molecule has 1 atom stereocenters. The van der Waals surface area contributed by atoms with Gasteiger partial charge in [-0.05, 0) is 12.1 Å².